The smallest absolute Gasteiger partial charge is 0.326 e. The van der Waals surface area contributed by atoms with Gasteiger partial charge in [0.25, 0.3) is 0 Å². The molecule has 15 atom stereocenters. The summed E-state index contributed by atoms with van der Waals surface area (Å²) in [7, 11) is 0. The Morgan fingerprint density at radius 2 is 0.946 bits per heavy atom. The van der Waals surface area contributed by atoms with Crippen LogP contribution in [-0.4, -0.2) is 182 Å². The Labute approximate surface area is 546 Å². The number of amides is 11. The molecule has 0 bridgehead atoms. The van der Waals surface area contributed by atoms with Crippen molar-refractivity contribution in [2.75, 3.05) is 13.2 Å². The van der Waals surface area contributed by atoms with Crippen molar-refractivity contribution in [2.45, 2.75) is 234 Å². The van der Waals surface area contributed by atoms with Crippen LogP contribution in [0.15, 0.2) is 42.9 Å². The van der Waals surface area contributed by atoms with Crippen molar-refractivity contribution in [1.29, 1.82) is 0 Å². The number of carboxylic acid groups (broad SMARTS) is 1. The molecule has 93 heavy (non-hydrogen) atoms. The summed E-state index contributed by atoms with van der Waals surface area (Å²) >= 11 is 0. The Bertz CT molecular complexity index is 2800. The number of H-pyrrole nitrogens is 1. The van der Waals surface area contributed by atoms with E-state index in [0.29, 0.717) is 36.9 Å². The Kier molecular flexibility index (Phi) is 33.1. The minimum absolute atomic E-state index is 0.0134. The molecule has 1 saturated heterocycles. The maximum atomic E-state index is 15.0. The third-order valence-corrected chi connectivity index (χ3v) is 16.8. The van der Waals surface area contributed by atoms with Crippen molar-refractivity contribution >= 4 is 70.9 Å². The molecule has 1 aliphatic heterocycles. The number of aliphatic carboxylic acids is 1. The summed E-state index contributed by atoms with van der Waals surface area (Å²) in [5, 5.41) is 46.1. The molecular weight excluding hydrogens is 1200 g/mol. The van der Waals surface area contributed by atoms with Gasteiger partial charge in [0.2, 0.25) is 65.0 Å². The van der Waals surface area contributed by atoms with E-state index >= 15 is 0 Å². The molecule has 1 aromatic carbocycles. The second-order valence-corrected chi connectivity index (χ2v) is 26.1. The van der Waals surface area contributed by atoms with Crippen LogP contribution in [0.4, 0.5) is 0 Å². The predicted octanol–water partition coefficient (Wildman–Crippen LogP) is 0.754. The SMILES string of the molecule is CC[C@H](C)[C@H](NC(=O)[C@@H](NC(=O)[C@@H](NC(=O)[C@@H]1CCCN1C(=O)[C@H](Cc1ccccc1)NC(=O)[C@H](CC(C)C)NC(=O)[C@H](CC(C)C)NC(=O)[C@@H](N)Cc1cnc[nH]1)[C@@H](C)CC)[C@@H](C)CC)C(=O)N[C@@H](C)C(=O)N[C@@H](C)C(=O)N[C@@H](CO)C(=O)N[C@@H](CC(C)C)C(=O)O. The van der Waals surface area contributed by atoms with Crippen molar-refractivity contribution in [1.82, 2.24) is 68.0 Å². The third-order valence-electron chi connectivity index (χ3n) is 16.8. The lowest BCUT2D eigenvalue weighted by molar-refractivity contribution is -0.143. The molecule has 3 rings (SSSR count). The van der Waals surface area contributed by atoms with E-state index in [-0.39, 0.29) is 62.8 Å². The highest BCUT2D eigenvalue weighted by molar-refractivity contribution is 5.99. The first-order valence-electron chi connectivity index (χ1n) is 32.7. The summed E-state index contributed by atoms with van der Waals surface area (Å²) in [5.41, 5.74) is 7.55. The number of aromatic amines is 1. The zero-order valence-electron chi connectivity index (χ0n) is 56.7. The molecule has 1 fully saturated rings. The maximum Gasteiger partial charge on any atom is 0.326 e. The van der Waals surface area contributed by atoms with Gasteiger partial charge in [0.1, 0.15) is 66.5 Å². The number of rotatable bonds is 39. The zero-order chi connectivity index (χ0) is 70.0. The van der Waals surface area contributed by atoms with Gasteiger partial charge in [-0.1, -0.05) is 133 Å². The molecule has 28 heteroatoms. The van der Waals surface area contributed by atoms with Crippen LogP contribution in [0, 0.1) is 35.5 Å². The van der Waals surface area contributed by atoms with Crippen LogP contribution in [0.2, 0.25) is 0 Å². The highest BCUT2D eigenvalue weighted by atomic mass is 16.4. The van der Waals surface area contributed by atoms with E-state index in [1.807, 2.05) is 34.6 Å². The maximum absolute atomic E-state index is 15.0. The van der Waals surface area contributed by atoms with Crippen molar-refractivity contribution < 1.29 is 67.7 Å². The lowest BCUT2D eigenvalue weighted by Crippen LogP contribution is -2.62. The van der Waals surface area contributed by atoms with E-state index in [1.54, 1.807) is 85.0 Å². The number of carbonyl (C=O) groups is 12. The second-order valence-electron chi connectivity index (χ2n) is 26.1. The fourth-order valence-corrected chi connectivity index (χ4v) is 10.6. The number of aliphatic hydroxyl groups is 1. The van der Waals surface area contributed by atoms with Gasteiger partial charge in [-0.25, -0.2) is 9.78 Å². The van der Waals surface area contributed by atoms with Crippen LogP contribution in [0.5, 0.6) is 0 Å². The van der Waals surface area contributed by atoms with Gasteiger partial charge in [-0.15, -0.1) is 0 Å². The average molecular weight is 1310 g/mol. The lowest BCUT2D eigenvalue weighted by Gasteiger charge is -2.33. The fraction of sp³-hybridized carbons (Fsp3) is 0.677. The molecule has 28 nitrogen and oxygen atoms in total. The van der Waals surface area contributed by atoms with Crippen LogP contribution in [-0.2, 0) is 70.4 Å². The van der Waals surface area contributed by atoms with Gasteiger partial charge >= 0.3 is 5.97 Å². The number of nitrogens with one attached hydrogen (secondary N) is 11. The molecule has 520 valence electrons. The molecule has 11 amide bonds. The number of imidazole rings is 1. The first-order valence-corrected chi connectivity index (χ1v) is 32.7. The molecule has 0 radical (unpaired) electrons. The van der Waals surface area contributed by atoms with Gasteiger partial charge in [-0.3, -0.25) is 52.7 Å². The number of nitrogens with two attached hydrogens (primary N) is 1. The summed E-state index contributed by atoms with van der Waals surface area (Å²) in [5.74, 6) is -11.1. The number of aliphatic hydroxyl groups excluding tert-OH is 1. The highest BCUT2D eigenvalue weighted by Gasteiger charge is 2.42. The summed E-state index contributed by atoms with van der Waals surface area (Å²) in [6.07, 6.45) is 5.42. The van der Waals surface area contributed by atoms with E-state index in [2.05, 4.69) is 63.1 Å². The summed E-state index contributed by atoms with van der Waals surface area (Å²) in [4.78, 5) is 174. The van der Waals surface area contributed by atoms with Crippen molar-refractivity contribution in [3.63, 3.8) is 0 Å². The molecule has 15 N–H and O–H groups in total. The number of carboxylic acids is 1. The average Bonchev–Trinajstić information content (AvgIpc) is 1.81. The van der Waals surface area contributed by atoms with Gasteiger partial charge in [0.15, 0.2) is 0 Å². The highest BCUT2D eigenvalue weighted by Crippen LogP contribution is 2.23. The van der Waals surface area contributed by atoms with Crippen molar-refractivity contribution in [3.05, 3.63) is 54.1 Å². The third kappa shape index (κ3) is 25.4. The Balaban J connectivity index is 1.82. The quantitative estimate of drug-likeness (QED) is 0.0439. The lowest BCUT2D eigenvalue weighted by atomic mass is 9.93. The number of likely N-dealkylation sites (tertiary alicyclic amines) is 1. The topological polar surface area (TPSA) is 424 Å². The number of aromatic nitrogens is 2. The number of carbonyl (C=O) groups excluding carboxylic acids is 11. The van der Waals surface area contributed by atoms with Crippen LogP contribution in [0.1, 0.15) is 160 Å². The minimum Gasteiger partial charge on any atom is -0.480 e. The number of benzene rings is 1. The number of nitrogens with zero attached hydrogens (tertiary/aromatic N) is 2. The monoisotopic (exact) mass is 1310 g/mol. The van der Waals surface area contributed by atoms with Crippen LogP contribution < -0.4 is 58.9 Å². The van der Waals surface area contributed by atoms with E-state index in [4.69, 9.17) is 5.73 Å². The zero-order valence-corrected chi connectivity index (χ0v) is 56.7. The minimum atomic E-state index is -1.55. The van der Waals surface area contributed by atoms with Crippen molar-refractivity contribution in [3.8, 4) is 0 Å². The van der Waals surface area contributed by atoms with E-state index in [1.165, 1.54) is 25.1 Å². The van der Waals surface area contributed by atoms with Gasteiger partial charge in [-0.05, 0) is 87.0 Å². The molecule has 2 heterocycles. The molecule has 2 aromatic rings. The molecule has 1 aromatic heterocycles. The van der Waals surface area contributed by atoms with Gasteiger partial charge < -0.3 is 79.0 Å². The van der Waals surface area contributed by atoms with Gasteiger partial charge in [0, 0.05) is 31.3 Å². The summed E-state index contributed by atoms with van der Waals surface area (Å²) in [6, 6.07) is -5.71. The number of hydrogen-bond donors (Lipinski definition) is 14. The largest absolute Gasteiger partial charge is 0.480 e. The van der Waals surface area contributed by atoms with Crippen LogP contribution in [0.25, 0.3) is 0 Å². The molecule has 1 aliphatic rings. The second kappa shape index (κ2) is 38.9. The standard InChI is InChI=1S/C65H106N14O14/c1-15-37(10)51(61(88)70-40(13)54(81)69-41(14)55(82)75-49(32-80)59(86)74-48(65(92)93)28-36(8)9)77-63(90)53(39(12)17-3)78-62(89)52(38(11)16-2)76-60(87)50-24-21-25-79(50)64(91)47(29-42-22-19-18-20-23-42)73-58(85)46(27-35(6)7)72-57(84)45(26-34(4)5)71-56(83)44(66)30-43-31-67-33-68-43/h18-20,22-23,31,33-41,44-53,80H,15-17,21,24-30,32,66H2,1-14H3,(H,67,68)(H,69,81)(H,70,88)(H,71,83)(H,72,84)(H,73,85)(H,74,86)(H,75,82)(H,76,87)(H,77,90)(H,78,89)(H,92,93)/t37-,38-,39-,40-,41-,44-,45-,46-,47-,48-,49-,50-,51-,52-,53-/m0/s1. The van der Waals surface area contributed by atoms with Crippen LogP contribution >= 0.6 is 0 Å². The van der Waals surface area contributed by atoms with Gasteiger partial charge in [0.05, 0.1) is 19.0 Å². The molecular formula is C65H106N14O14. The normalized spacial score (nSPS) is 17.6. The molecule has 0 aliphatic carbocycles. The van der Waals surface area contributed by atoms with E-state index in [9.17, 15) is 67.7 Å². The first kappa shape index (κ1) is 79.2. The van der Waals surface area contributed by atoms with E-state index in [0.717, 1.165) is 0 Å². The fourth-order valence-electron chi connectivity index (χ4n) is 10.6. The Morgan fingerprint density at radius 1 is 0.527 bits per heavy atom. The number of hydrogen-bond acceptors (Lipinski definition) is 15. The Morgan fingerprint density at radius 3 is 1.41 bits per heavy atom. The van der Waals surface area contributed by atoms with Crippen LogP contribution in [0.3, 0.4) is 0 Å². The first-order chi connectivity index (χ1) is 43.8. The molecule has 0 spiro atoms. The van der Waals surface area contributed by atoms with Crippen molar-refractivity contribution in [2.24, 2.45) is 41.2 Å². The molecule has 0 saturated carbocycles. The Hall–Kier alpha value is -8.01. The van der Waals surface area contributed by atoms with E-state index < -0.39 is 168 Å². The van der Waals surface area contributed by atoms with Gasteiger partial charge in [-0.2, -0.15) is 0 Å². The molecule has 0 unspecified atom stereocenters. The summed E-state index contributed by atoms with van der Waals surface area (Å²) < 4.78 is 0. The summed E-state index contributed by atoms with van der Waals surface area (Å²) in [6.45, 7) is 23.5. The predicted molar refractivity (Wildman–Crippen MR) is 347 cm³/mol.